The van der Waals surface area contributed by atoms with E-state index in [1.807, 2.05) is 6.08 Å². The molecule has 3 aliphatic rings. The maximum Gasteiger partial charge on any atom is 0.309 e. The van der Waals surface area contributed by atoms with Crippen molar-refractivity contribution in [2.45, 2.75) is 127 Å². The second kappa shape index (κ2) is 15.9. The number of hydrogen-bond donors (Lipinski definition) is 7. The third-order valence-corrected chi connectivity index (χ3v) is 9.41. The van der Waals surface area contributed by atoms with E-state index in [-0.39, 0.29) is 30.8 Å². The Kier molecular flexibility index (Phi) is 13.0. The number of aliphatic hydroxyl groups excluding tert-OH is 3. The Hall–Kier alpha value is -1.87. The molecule has 8 heteroatoms. The highest BCUT2D eigenvalue weighted by Gasteiger charge is 2.45. The molecular formula is C32H54N2O6. The Morgan fingerprint density at radius 3 is 2.58 bits per heavy atom. The first-order chi connectivity index (χ1) is 19.1. The van der Waals surface area contributed by atoms with Gasteiger partial charge in [-0.25, -0.2) is 0 Å². The third-order valence-electron chi connectivity index (χ3n) is 9.41. The van der Waals surface area contributed by atoms with Crippen LogP contribution in [0.4, 0.5) is 0 Å². The van der Waals surface area contributed by atoms with E-state index in [2.05, 4.69) is 30.5 Å². The summed E-state index contributed by atoms with van der Waals surface area (Å²) in [5.41, 5.74) is 5.62. The van der Waals surface area contributed by atoms with Gasteiger partial charge >= 0.3 is 5.97 Å². The fraction of sp³-hybridized carbons (Fsp3) is 0.781. The number of aliphatic carboxylic acids is 1. The zero-order chi connectivity index (χ0) is 29.1. The van der Waals surface area contributed by atoms with Crippen LogP contribution in [-0.4, -0.2) is 62.0 Å². The molecule has 0 aromatic heterocycles. The molecule has 0 spiro atoms. The number of dihydropyridines is 1. The Bertz CT molecular complexity index is 889. The largest absolute Gasteiger partial charge is 0.481 e. The molecule has 228 valence electrons. The lowest BCUT2D eigenvalue weighted by Gasteiger charge is -2.29. The molecule has 8 nitrogen and oxygen atoms in total. The van der Waals surface area contributed by atoms with Crippen molar-refractivity contribution in [1.29, 1.82) is 0 Å². The first-order valence-corrected chi connectivity index (χ1v) is 15.7. The van der Waals surface area contributed by atoms with Crippen molar-refractivity contribution in [3.8, 4) is 0 Å². The smallest absolute Gasteiger partial charge is 0.309 e. The minimum absolute atomic E-state index is 0.102. The summed E-state index contributed by atoms with van der Waals surface area (Å²) < 4.78 is 0. The molecule has 1 fully saturated rings. The molecule has 8 unspecified atom stereocenters. The highest BCUT2D eigenvalue weighted by molar-refractivity contribution is 5.70. The van der Waals surface area contributed by atoms with Crippen molar-refractivity contribution in [3.05, 3.63) is 35.7 Å². The molecule has 0 saturated heterocycles. The second-order valence-corrected chi connectivity index (χ2v) is 12.7. The number of carbonyl (C=O) groups is 1. The lowest BCUT2D eigenvalue weighted by atomic mass is 9.81. The highest BCUT2D eigenvalue weighted by atomic mass is 16.4. The summed E-state index contributed by atoms with van der Waals surface area (Å²) in [7, 11) is 0. The van der Waals surface area contributed by atoms with E-state index in [0.717, 1.165) is 44.1 Å². The van der Waals surface area contributed by atoms with Gasteiger partial charge in [0.2, 0.25) is 0 Å². The Morgan fingerprint density at radius 1 is 1.10 bits per heavy atom. The van der Waals surface area contributed by atoms with E-state index in [1.165, 1.54) is 19.3 Å². The molecule has 1 aliphatic heterocycles. The summed E-state index contributed by atoms with van der Waals surface area (Å²) in [5, 5.41) is 55.8. The lowest BCUT2D eigenvalue weighted by Crippen LogP contribution is -2.39. The zero-order valence-electron chi connectivity index (χ0n) is 24.4. The number of hydrogen-bond acceptors (Lipinski definition) is 7. The average Bonchev–Trinajstić information content (AvgIpc) is 3.18. The summed E-state index contributed by atoms with van der Waals surface area (Å²) in [5.74, 6) is -0.547. The monoisotopic (exact) mass is 562 g/mol. The van der Waals surface area contributed by atoms with Crippen LogP contribution in [0, 0.1) is 23.7 Å². The van der Waals surface area contributed by atoms with Crippen molar-refractivity contribution in [1.82, 2.24) is 5.32 Å². The number of carboxylic acid groups (broad SMARTS) is 1. The second-order valence-electron chi connectivity index (χ2n) is 12.7. The van der Waals surface area contributed by atoms with E-state index in [0.29, 0.717) is 44.0 Å². The number of unbranched alkanes of at least 4 members (excludes halogenated alkanes) is 4. The van der Waals surface area contributed by atoms with Crippen LogP contribution in [-0.2, 0) is 4.79 Å². The molecule has 3 rings (SSSR count). The van der Waals surface area contributed by atoms with Crippen LogP contribution in [0.3, 0.4) is 0 Å². The fourth-order valence-corrected chi connectivity index (χ4v) is 6.92. The van der Waals surface area contributed by atoms with Gasteiger partial charge < -0.3 is 36.6 Å². The molecule has 2 aliphatic carbocycles. The standard InChI is InChI=1S/C32H54N2O6/c1-2-3-5-8-22-11-12-25(28(36)18-22)9-6-4-7-10-26(31(38)39)27(35)13-15-32(40)21-24(19-29(32)37)17-23-14-16-34-30(33)20-23/h11-12,14,20,22,24-29,34-37,40H,2-10,13,15-19,21,33H2,1H3,(H,38,39). The summed E-state index contributed by atoms with van der Waals surface area (Å²) >= 11 is 0. The van der Waals surface area contributed by atoms with Crippen LogP contribution in [0.25, 0.3) is 0 Å². The Balaban J connectivity index is 1.37. The van der Waals surface area contributed by atoms with Gasteiger partial charge in [0.1, 0.15) is 0 Å². The highest BCUT2D eigenvalue weighted by Crippen LogP contribution is 2.42. The Labute approximate surface area is 240 Å². The predicted molar refractivity (Wildman–Crippen MR) is 157 cm³/mol. The molecule has 1 heterocycles. The average molecular weight is 563 g/mol. The minimum Gasteiger partial charge on any atom is -0.481 e. The van der Waals surface area contributed by atoms with E-state index in [4.69, 9.17) is 5.73 Å². The normalized spacial score (nSPS) is 31.8. The van der Waals surface area contributed by atoms with Gasteiger partial charge in [-0.2, -0.15) is 0 Å². The van der Waals surface area contributed by atoms with Gasteiger partial charge in [-0.05, 0) is 81.3 Å². The first-order valence-electron chi connectivity index (χ1n) is 15.7. The SMILES string of the molecule is CCCCCC1C=CC(CCCCCC(C(=O)O)C(O)CCC2(O)CC(CC3=CCNC(N)=C3)CC2O)C(O)C1. The molecule has 0 aromatic carbocycles. The lowest BCUT2D eigenvalue weighted by molar-refractivity contribution is -0.147. The molecular weight excluding hydrogens is 508 g/mol. The van der Waals surface area contributed by atoms with E-state index >= 15 is 0 Å². The minimum atomic E-state index is -1.32. The number of nitrogens with one attached hydrogen (secondary N) is 1. The maximum absolute atomic E-state index is 11.9. The summed E-state index contributed by atoms with van der Waals surface area (Å²) in [4.78, 5) is 11.9. The third kappa shape index (κ3) is 9.89. The van der Waals surface area contributed by atoms with Crippen LogP contribution in [0.1, 0.15) is 103 Å². The molecule has 0 radical (unpaired) electrons. The van der Waals surface area contributed by atoms with Gasteiger partial charge in [0.25, 0.3) is 0 Å². The van der Waals surface area contributed by atoms with Crippen LogP contribution in [0.2, 0.25) is 0 Å². The van der Waals surface area contributed by atoms with E-state index in [9.17, 15) is 30.3 Å². The van der Waals surface area contributed by atoms with Gasteiger partial charge in [0, 0.05) is 12.5 Å². The number of carboxylic acids is 1. The topological polar surface area (TPSA) is 156 Å². The molecule has 0 aromatic rings. The fourth-order valence-electron chi connectivity index (χ4n) is 6.92. The van der Waals surface area contributed by atoms with Crippen molar-refractivity contribution < 1.29 is 30.3 Å². The van der Waals surface area contributed by atoms with Crippen LogP contribution in [0.5, 0.6) is 0 Å². The van der Waals surface area contributed by atoms with Crippen LogP contribution < -0.4 is 11.1 Å². The van der Waals surface area contributed by atoms with Gasteiger partial charge in [-0.15, -0.1) is 0 Å². The molecule has 8 atom stereocenters. The number of allylic oxidation sites excluding steroid dienone is 3. The van der Waals surface area contributed by atoms with Crippen molar-refractivity contribution in [2.75, 3.05) is 6.54 Å². The van der Waals surface area contributed by atoms with Gasteiger partial charge in [0.15, 0.2) is 0 Å². The predicted octanol–water partition coefficient (Wildman–Crippen LogP) is 4.13. The Morgan fingerprint density at radius 2 is 1.88 bits per heavy atom. The van der Waals surface area contributed by atoms with E-state index < -0.39 is 29.7 Å². The molecule has 1 saturated carbocycles. The van der Waals surface area contributed by atoms with Crippen LogP contribution >= 0.6 is 0 Å². The van der Waals surface area contributed by atoms with Crippen LogP contribution in [0.15, 0.2) is 35.7 Å². The zero-order valence-corrected chi connectivity index (χ0v) is 24.4. The molecule has 0 bridgehead atoms. The molecule has 0 amide bonds. The van der Waals surface area contributed by atoms with Crippen molar-refractivity contribution >= 4 is 5.97 Å². The number of aliphatic hydroxyl groups is 4. The summed E-state index contributed by atoms with van der Waals surface area (Å²) in [6.45, 7) is 2.87. The summed E-state index contributed by atoms with van der Waals surface area (Å²) in [6, 6.07) is 0. The van der Waals surface area contributed by atoms with Gasteiger partial charge in [0.05, 0.1) is 35.7 Å². The molecule has 40 heavy (non-hydrogen) atoms. The number of nitrogens with two attached hydrogens (primary N) is 1. The van der Waals surface area contributed by atoms with Gasteiger partial charge in [-0.3, -0.25) is 4.79 Å². The number of rotatable bonds is 17. The molecule has 8 N–H and O–H groups in total. The summed E-state index contributed by atoms with van der Waals surface area (Å²) in [6.07, 6.45) is 17.4. The van der Waals surface area contributed by atoms with Gasteiger partial charge in [-0.1, -0.05) is 63.7 Å². The van der Waals surface area contributed by atoms with E-state index in [1.54, 1.807) is 0 Å². The first kappa shape index (κ1) is 32.6. The quantitative estimate of drug-likeness (QED) is 0.103. The maximum atomic E-state index is 11.9. The van der Waals surface area contributed by atoms with Crippen molar-refractivity contribution in [3.63, 3.8) is 0 Å². The van der Waals surface area contributed by atoms with Crippen molar-refractivity contribution in [2.24, 2.45) is 29.4 Å².